The Morgan fingerprint density at radius 3 is 1.87 bits per heavy atom. The van der Waals surface area contributed by atoms with Gasteiger partial charge in [-0.2, -0.15) is 0 Å². The van der Waals surface area contributed by atoms with Crippen LogP contribution in [-0.4, -0.2) is 11.4 Å². The van der Waals surface area contributed by atoms with Crippen molar-refractivity contribution < 1.29 is 0 Å². The van der Waals surface area contributed by atoms with Gasteiger partial charge in [-0.1, -0.05) is 161 Å². The number of rotatable bonds is 1. The maximum atomic E-state index is 2.77. The Kier molecular flexibility index (Phi) is 7.66. The lowest BCUT2D eigenvalue weighted by molar-refractivity contribution is 0.332. The molecule has 0 N–H and O–H groups in total. The molecule has 342 valence electrons. The molecule has 0 saturated heterocycles. The third-order valence-corrected chi connectivity index (χ3v) is 19.7. The first-order valence-corrected chi connectivity index (χ1v) is 26.6. The van der Waals surface area contributed by atoms with Crippen molar-refractivity contribution in [1.29, 1.82) is 0 Å². The van der Waals surface area contributed by atoms with Crippen molar-refractivity contribution in [2.45, 2.75) is 116 Å². The molecule has 8 aromatic carbocycles. The largest absolute Gasteiger partial charge is 0.376 e. The molecule has 70 heavy (non-hydrogen) atoms. The van der Waals surface area contributed by atoms with Crippen molar-refractivity contribution >= 4 is 82.5 Å². The smallest absolute Gasteiger partial charge is 0.333 e. The zero-order chi connectivity index (χ0) is 47.9. The molecule has 10 aromatic rings. The molecular weight excluding hydrogens is 864 g/mol. The van der Waals surface area contributed by atoms with E-state index in [1.54, 1.807) is 0 Å². The third kappa shape index (κ3) is 5.01. The number of benzene rings is 8. The second-order valence-electron chi connectivity index (χ2n) is 25.1. The van der Waals surface area contributed by atoms with Crippen molar-refractivity contribution in [3.63, 3.8) is 0 Å². The van der Waals surface area contributed by atoms with Crippen LogP contribution >= 0.6 is 11.3 Å². The highest BCUT2D eigenvalue weighted by molar-refractivity contribution is 7.25. The number of anilines is 2. The lowest BCUT2D eigenvalue weighted by Crippen LogP contribution is -2.60. The van der Waals surface area contributed by atoms with Gasteiger partial charge in [0.05, 0.1) is 11.0 Å². The highest BCUT2D eigenvalue weighted by atomic mass is 32.1. The van der Waals surface area contributed by atoms with E-state index in [4.69, 9.17) is 0 Å². The second kappa shape index (κ2) is 12.9. The Labute approximate surface area is 417 Å². The van der Waals surface area contributed by atoms with Crippen molar-refractivity contribution in [2.24, 2.45) is 0 Å². The summed E-state index contributed by atoms with van der Waals surface area (Å²) in [5, 5.41) is 5.49. The Morgan fingerprint density at radius 1 is 0.500 bits per heavy atom. The Balaban J connectivity index is 1.10. The van der Waals surface area contributed by atoms with Crippen LogP contribution in [0, 0.1) is 0 Å². The molecule has 2 nitrogen and oxygen atoms in total. The summed E-state index contributed by atoms with van der Waals surface area (Å²) in [5.74, 6) is 0. The Morgan fingerprint density at radius 2 is 1.14 bits per heavy atom. The normalized spacial score (nSPS) is 17.9. The van der Waals surface area contributed by atoms with E-state index in [9.17, 15) is 0 Å². The molecule has 2 aromatic heterocycles. The third-order valence-electron chi connectivity index (χ3n) is 18.6. The van der Waals surface area contributed by atoms with E-state index >= 15 is 0 Å². The van der Waals surface area contributed by atoms with E-state index in [2.05, 4.69) is 219 Å². The van der Waals surface area contributed by atoms with Crippen molar-refractivity contribution in [2.75, 3.05) is 4.81 Å². The number of nitrogens with zero attached hydrogens (tertiary/aromatic N) is 2. The average molecular weight is 923 g/mol. The highest BCUT2D eigenvalue weighted by Crippen LogP contribution is 2.57. The van der Waals surface area contributed by atoms with Crippen LogP contribution in [0.3, 0.4) is 0 Å². The summed E-state index contributed by atoms with van der Waals surface area (Å²) in [6.07, 6.45) is 2.42. The molecular formula is C66H59BN2S. The number of hydrogen-bond acceptors (Lipinski definition) is 2. The lowest BCUT2D eigenvalue weighted by atomic mass is 9.43. The predicted octanol–water partition coefficient (Wildman–Crippen LogP) is 16.6. The van der Waals surface area contributed by atoms with Crippen LogP contribution < -0.4 is 15.7 Å². The maximum Gasteiger partial charge on any atom is 0.333 e. The molecule has 3 aliphatic carbocycles. The minimum atomic E-state index is -0.153. The number of thiophene rings is 1. The van der Waals surface area contributed by atoms with Gasteiger partial charge in [0.15, 0.2) is 0 Å². The highest BCUT2D eigenvalue weighted by Gasteiger charge is 2.48. The Hall–Kier alpha value is -6.36. The van der Waals surface area contributed by atoms with Crippen LogP contribution in [0.15, 0.2) is 133 Å². The van der Waals surface area contributed by atoms with Crippen LogP contribution in [0.5, 0.6) is 0 Å². The molecule has 0 spiro atoms. The summed E-state index contributed by atoms with van der Waals surface area (Å²) >= 11 is 1.99. The fraction of sp³-hybridized carbons (Fsp3) is 0.273. The Bertz CT molecular complexity index is 4050. The first-order valence-electron chi connectivity index (χ1n) is 25.8. The van der Waals surface area contributed by atoms with E-state index in [0.29, 0.717) is 0 Å². The van der Waals surface area contributed by atoms with Gasteiger partial charge < -0.3 is 9.38 Å². The molecule has 0 atom stereocenters. The number of hydrogen-bond donors (Lipinski definition) is 0. The quantitative estimate of drug-likeness (QED) is 0.149. The zero-order valence-corrected chi connectivity index (χ0v) is 43.3. The summed E-state index contributed by atoms with van der Waals surface area (Å²) in [6.45, 7) is 26.5. The molecule has 15 rings (SSSR count). The first kappa shape index (κ1) is 41.4. The van der Waals surface area contributed by atoms with Crippen molar-refractivity contribution in [3.05, 3.63) is 172 Å². The van der Waals surface area contributed by atoms with Crippen LogP contribution in [0.1, 0.15) is 128 Å². The van der Waals surface area contributed by atoms with Crippen molar-refractivity contribution in [1.82, 2.24) is 4.57 Å². The monoisotopic (exact) mass is 922 g/mol. The molecule has 0 amide bonds. The van der Waals surface area contributed by atoms with Gasteiger partial charge in [-0.05, 0) is 155 Å². The van der Waals surface area contributed by atoms with Crippen LogP contribution in [0.2, 0.25) is 0 Å². The standard InChI is InChI=1S/C66H59BN2S/c1-62(2,3)36-20-22-37(23-21-36)69-54-32-45-44-30-50-51(64(6,7)29-28-63(50,4)5)35-57(44)70-56(45)33-43(54)39-24-25-41-59-53(27-26-48-58(59)40-17-13-15-19-47(40)65(48,8)9)68-55-31-42-38-16-12-14-18-46(38)66(10,11)49(42)34-52(55)67(69)60(39)61(41)68/h12-27,30-35H,28-29H2,1-11H3. The van der Waals surface area contributed by atoms with Crippen LogP contribution in [0.25, 0.3) is 81.0 Å². The van der Waals surface area contributed by atoms with Gasteiger partial charge in [0, 0.05) is 64.4 Å². The molecule has 0 fully saturated rings. The lowest BCUT2D eigenvalue weighted by Gasteiger charge is -2.42. The first-order chi connectivity index (χ1) is 33.3. The summed E-state index contributed by atoms with van der Waals surface area (Å²) in [6, 6.07) is 53.6. The van der Waals surface area contributed by atoms with Gasteiger partial charge in [0.2, 0.25) is 0 Å². The number of fused-ring (bicyclic) bond motifs is 19. The van der Waals surface area contributed by atoms with E-state index in [1.807, 2.05) is 11.3 Å². The maximum absolute atomic E-state index is 2.77. The van der Waals surface area contributed by atoms with Crippen LogP contribution in [0.4, 0.5) is 11.4 Å². The molecule has 4 heteroatoms. The molecule has 0 unspecified atom stereocenters. The summed E-state index contributed by atoms with van der Waals surface area (Å²) in [4.78, 5) is 2.77. The van der Waals surface area contributed by atoms with Gasteiger partial charge in [0.25, 0.3) is 0 Å². The molecule has 5 aliphatic rings. The predicted molar refractivity (Wildman–Crippen MR) is 302 cm³/mol. The summed E-state index contributed by atoms with van der Waals surface area (Å²) < 4.78 is 5.47. The van der Waals surface area contributed by atoms with Gasteiger partial charge in [0.1, 0.15) is 0 Å². The van der Waals surface area contributed by atoms with Gasteiger partial charge in [-0.3, -0.25) is 0 Å². The SMILES string of the molecule is CC(C)(C)c1ccc(N2B3c4cc5c(cc4-n4c6ccc7c(c6c6ccc(c3c64)-c3cc4sc6cc8c(cc6c4cc32)C(C)(C)CCC8(C)C)-c2ccccc2C7(C)C)-c2ccccc2C5(C)C)cc1. The molecule has 2 aliphatic heterocycles. The van der Waals surface area contributed by atoms with Crippen molar-refractivity contribution in [3.8, 4) is 39.1 Å². The van der Waals surface area contributed by atoms with E-state index in [1.165, 1.54) is 155 Å². The van der Waals surface area contributed by atoms with E-state index < -0.39 is 0 Å². The molecule has 0 saturated carbocycles. The van der Waals surface area contributed by atoms with Gasteiger partial charge >= 0.3 is 6.85 Å². The zero-order valence-electron chi connectivity index (χ0n) is 42.5. The fourth-order valence-corrected chi connectivity index (χ4v) is 15.7. The topological polar surface area (TPSA) is 8.17 Å². The molecule has 0 bridgehead atoms. The van der Waals surface area contributed by atoms with E-state index in [-0.39, 0.29) is 33.9 Å². The number of aromatic nitrogens is 1. The second-order valence-corrected chi connectivity index (χ2v) is 26.2. The van der Waals surface area contributed by atoms with Gasteiger partial charge in [-0.25, -0.2) is 0 Å². The molecule has 0 radical (unpaired) electrons. The van der Waals surface area contributed by atoms with Gasteiger partial charge in [-0.15, -0.1) is 11.3 Å². The average Bonchev–Trinajstić information content (AvgIpc) is 4.01. The summed E-state index contributed by atoms with van der Waals surface area (Å²) in [5.41, 5.74) is 27.6. The molecule has 4 heterocycles. The minimum absolute atomic E-state index is 0.0350. The summed E-state index contributed by atoms with van der Waals surface area (Å²) in [7, 11) is 0. The van der Waals surface area contributed by atoms with Crippen LogP contribution in [-0.2, 0) is 27.1 Å². The minimum Gasteiger partial charge on any atom is -0.376 e. The van der Waals surface area contributed by atoms with E-state index in [0.717, 1.165) is 0 Å². The fourth-order valence-electron chi connectivity index (χ4n) is 14.6.